The van der Waals surface area contributed by atoms with E-state index in [0.29, 0.717) is 18.6 Å². The number of nitrogens with zero attached hydrogens (tertiary/aromatic N) is 4. The number of nitro benzene ring substituents is 1. The molecule has 0 bridgehead atoms. The maximum absolute atomic E-state index is 13.8. The second-order valence-electron chi connectivity index (χ2n) is 8.23. The van der Waals surface area contributed by atoms with Crippen molar-refractivity contribution in [3.63, 3.8) is 0 Å². The summed E-state index contributed by atoms with van der Waals surface area (Å²) in [7, 11) is -3.89. The van der Waals surface area contributed by atoms with Crippen LogP contribution in [-0.2, 0) is 10.0 Å². The Balaban J connectivity index is 1.67. The highest BCUT2D eigenvalue weighted by molar-refractivity contribution is 7.89. The molecule has 0 amide bonds. The molecular weight excluding hydrogens is 468 g/mol. The third kappa shape index (κ3) is 4.60. The van der Waals surface area contributed by atoms with E-state index in [4.69, 9.17) is 0 Å². The topological polar surface area (TPSA) is 110 Å². The normalized spacial score (nSPS) is 16.5. The Morgan fingerprint density at radius 3 is 2.41 bits per heavy atom. The number of rotatable bonds is 7. The minimum atomic E-state index is -3.89. The average Bonchev–Trinajstić information content (AvgIpc) is 2.97. The molecule has 2 aromatic carbocycles. The maximum atomic E-state index is 13.8. The zero-order chi connectivity index (χ0) is 24.5. The molecule has 0 radical (unpaired) electrons. The standard InChI is InChI=1S/C22H25F2N5O4S/c1-15(21-26-17-8-4-5-9-19(17)28(21)22(23)24)25-18-11-10-16(14-20(18)29(30)31)34(32,33)27-12-6-2-3-7-13-27/h4-5,8-11,14-15,22,25H,2-3,6-7,12-13H2,1H3/t15-/m0/s1. The Hall–Kier alpha value is -3.12. The largest absolute Gasteiger partial charge is 0.370 e. The fraction of sp³-hybridized carbons (Fsp3) is 0.409. The zero-order valence-corrected chi connectivity index (χ0v) is 19.3. The van der Waals surface area contributed by atoms with Crippen LogP contribution in [0.15, 0.2) is 47.4 Å². The fourth-order valence-corrected chi connectivity index (χ4v) is 5.79. The SMILES string of the molecule is C[C@H](Nc1ccc(S(=O)(=O)N2CCCCCC2)cc1[N+](=O)[O-])c1nc2ccccc2n1C(F)F. The lowest BCUT2D eigenvalue weighted by Crippen LogP contribution is -2.32. The molecule has 2 heterocycles. The van der Waals surface area contributed by atoms with Crippen LogP contribution >= 0.6 is 0 Å². The van der Waals surface area contributed by atoms with E-state index in [9.17, 15) is 27.3 Å². The van der Waals surface area contributed by atoms with E-state index in [1.54, 1.807) is 25.1 Å². The Labute approximate surface area is 195 Å². The van der Waals surface area contributed by atoms with Gasteiger partial charge in [-0.25, -0.2) is 13.4 Å². The van der Waals surface area contributed by atoms with E-state index in [1.807, 2.05) is 0 Å². The van der Waals surface area contributed by atoms with E-state index < -0.39 is 33.2 Å². The van der Waals surface area contributed by atoms with Crippen molar-refractivity contribution in [1.29, 1.82) is 0 Å². The van der Waals surface area contributed by atoms with Crippen molar-refractivity contribution in [1.82, 2.24) is 13.9 Å². The van der Waals surface area contributed by atoms with Gasteiger partial charge in [0.2, 0.25) is 10.0 Å². The van der Waals surface area contributed by atoms with Crippen LogP contribution in [0.2, 0.25) is 0 Å². The molecule has 0 saturated carbocycles. The van der Waals surface area contributed by atoms with Crippen molar-refractivity contribution < 1.29 is 22.1 Å². The molecule has 1 aromatic heterocycles. The number of nitrogens with one attached hydrogen (secondary N) is 1. The molecule has 3 aromatic rings. The van der Waals surface area contributed by atoms with Gasteiger partial charge in [0.05, 0.1) is 26.9 Å². The van der Waals surface area contributed by atoms with Crippen molar-refractivity contribution in [3.8, 4) is 0 Å². The van der Waals surface area contributed by atoms with Crippen molar-refractivity contribution in [3.05, 3.63) is 58.4 Å². The molecule has 0 aliphatic carbocycles. The summed E-state index contributed by atoms with van der Waals surface area (Å²) in [6.07, 6.45) is 3.36. The predicted octanol–water partition coefficient (Wildman–Crippen LogP) is 5.08. The van der Waals surface area contributed by atoms with Crippen LogP contribution < -0.4 is 5.32 Å². The second-order valence-corrected chi connectivity index (χ2v) is 10.2. The molecule has 12 heteroatoms. The third-order valence-corrected chi connectivity index (χ3v) is 7.84. The minimum Gasteiger partial charge on any atom is -0.370 e. The second kappa shape index (κ2) is 9.63. The van der Waals surface area contributed by atoms with Crippen LogP contribution in [0.4, 0.5) is 20.2 Å². The van der Waals surface area contributed by atoms with Crippen molar-refractivity contribution in [2.45, 2.75) is 50.1 Å². The Kier molecular flexibility index (Phi) is 6.80. The van der Waals surface area contributed by atoms with E-state index in [1.165, 1.54) is 22.5 Å². The Morgan fingerprint density at radius 1 is 1.09 bits per heavy atom. The molecule has 1 saturated heterocycles. The number of halogens is 2. The van der Waals surface area contributed by atoms with Crippen LogP contribution in [0, 0.1) is 10.1 Å². The lowest BCUT2D eigenvalue weighted by molar-refractivity contribution is -0.384. The summed E-state index contributed by atoms with van der Waals surface area (Å²) in [5.41, 5.74) is 0.178. The first-order valence-electron chi connectivity index (χ1n) is 11.0. The van der Waals surface area contributed by atoms with Gasteiger partial charge in [0.25, 0.3) is 5.69 Å². The molecule has 4 rings (SSSR count). The van der Waals surface area contributed by atoms with Gasteiger partial charge in [0.1, 0.15) is 11.5 Å². The summed E-state index contributed by atoms with van der Waals surface area (Å²) in [4.78, 5) is 15.2. The van der Waals surface area contributed by atoms with Gasteiger partial charge >= 0.3 is 6.55 Å². The lowest BCUT2D eigenvalue weighted by atomic mass is 10.2. The van der Waals surface area contributed by atoms with Crippen LogP contribution in [0.5, 0.6) is 0 Å². The predicted molar refractivity (Wildman–Crippen MR) is 123 cm³/mol. The molecule has 0 spiro atoms. The summed E-state index contributed by atoms with van der Waals surface area (Å²) >= 11 is 0. The third-order valence-electron chi connectivity index (χ3n) is 5.95. The number of nitro groups is 1. The molecule has 1 N–H and O–H groups in total. The quantitative estimate of drug-likeness (QED) is 0.363. The first-order chi connectivity index (χ1) is 16.2. The number of anilines is 1. The average molecular weight is 494 g/mol. The van der Waals surface area contributed by atoms with E-state index >= 15 is 0 Å². The molecule has 34 heavy (non-hydrogen) atoms. The van der Waals surface area contributed by atoms with Gasteiger partial charge in [0, 0.05) is 19.2 Å². The molecule has 0 unspecified atom stereocenters. The van der Waals surface area contributed by atoms with Gasteiger partial charge in [-0.1, -0.05) is 25.0 Å². The van der Waals surface area contributed by atoms with Gasteiger partial charge in [-0.05, 0) is 44.0 Å². The highest BCUT2D eigenvalue weighted by Gasteiger charge is 2.29. The van der Waals surface area contributed by atoms with Crippen LogP contribution in [0.3, 0.4) is 0 Å². The minimum absolute atomic E-state index is 0.00626. The number of sulfonamides is 1. The van der Waals surface area contributed by atoms with E-state index in [0.717, 1.165) is 36.3 Å². The summed E-state index contributed by atoms with van der Waals surface area (Å²) in [5, 5.41) is 14.6. The van der Waals surface area contributed by atoms with Gasteiger partial charge < -0.3 is 5.32 Å². The number of hydrogen-bond acceptors (Lipinski definition) is 6. The molecule has 1 atom stereocenters. The number of imidazole rings is 1. The van der Waals surface area contributed by atoms with Crippen LogP contribution in [0.25, 0.3) is 11.0 Å². The monoisotopic (exact) mass is 493 g/mol. The number of para-hydroxylation sites is 2. The number of benzene rings is 2. The van der Waals surface area contributed by atoms with Gasteiger partial charge in [-0.3, -0.25) is 14.7 Å². The number of aromatic nitrogens is 2. The molecule has 182 valence electrons. The van der Waals surface area contributed by atoms with Crippen molar-refractivity contribution in [2.24, 2.45) is 0 Å². The number of hydrogen-bond donors (Lipinski definition) is 1. The van der Waals surface area contributed by atoms with Crippen LogP contribution in [0.1, 0.15) is 51.0 Å². The Bertz CT molecular complexity index is 1300. The summed E-state index contributed by atoms with van der Waals surface area (Å²) < 4.78 is 55.9. The fourth-order valence-electron chi connectivity index (χ4n) is 4.25. The van der Waals surface area contributed by atoms with Gasteiger partial charge in [-0.2, -0.15) is 13.1 Å². The number of alkyl halides is 2. The molecule has 1 fully saturated rings. The van der Waals surface area contributed by atoms with E-state index in [-0.39, 0.29) is 21.9 Å². The first-order valence-corrected chi connectivity index (χ1v) is 12.4. The number of fused-ring (bicyclic) bond motifs is 1. The van der Waals surface area contributed by atoms with E-state index in [2.05, 4.69) is 10.3 Å². The van der Waals surface area contributed by atoms with Crippen LogP contribution in [-0.4, -0.2) is 40.3 Å². The molecular formula is C22H25F2N5O4S. The highest BCUT2D eigenvalue weighted by Crippen LogP contribution is 2.34. The lowest BCUT2D eigenvalue weighted by Gasteiger charge is -2.21. The first kappa shape index (κ1) is 24.0. The smallest absolute Gasteiger partial charge is 0.320 e. The molecule has 1 aliphatic rings. The van der Waals surface area contributed by atoms with Crippen molar-refractivity contribution >= 4 is 32.4 Å². The summed E-state index contributed by atoms with van der Waals surface area (Å²) in [6, 6.07) is 9.23. The van der Waals surface area contributed by atoms with Gasteiger partial charge in [-0.15, -0.1) is 0 Å². The van der Waals surface area contributed by atoms with Gasteiger partial charge in [0.15, 0.2) is 0 Å². The summed E-state index contributed by atoms with van der Waals surface area (Å²) in [6.45, 7) is -0.553. The molecule has 1 aliphatic heterocycles. The zero-order valence-electron chi connectivity index (χ0n) is 18.5. The van der Waals surface area contributed by atoms with Crippen molar-refractivity contribution in [2.75, 3.05) is 18.4 Å². The molecule has 9 nitrogen and oxygen atoms in total. The summed E-state index contributed by atoms with van der Waals surface area (Å²) in [5.74, 6) is 0.00626. The Morgan fingerprint density at radius 2 is 1.76 bits per heavy atom. The highest BCUT2D eigenvalue weighted by atomic mass is 32.2. The maximum Gasteiger partial charge on any atom is 0.320 e.